The molecule has 4 aromatic heterocycles. The molecule has 0 spiro atoms. The lowest BCUT2D eigenvalue weighted by molar-refractivity contribution is 0.0305. The number of pyridine rings is 3. The quantitative estimate of drug-likeness (QED) is 0.197. The summed E-state index contributed by atoms with van der Waals surface area (Å²) in [6, 6.07) is 22.8. The van der Waals surface area contributed by atoms with Gasteiger partial charge >= 0.3 is 0 Å². The molecule has 3 N–H and O–H groups in total. The van der Waals surface area contributed by atoms with Gasteiger partial charge in [0.05, 0.1) is 40.6 Å². The van der Waals surface area contributed by atoms with Crippen molar-refractivity contribution in [1.82, 2.24) is 24.9 Å². The first kappa shape index (κ1) is 25.7. The van der Waals surface area contributed by atoms with E-state index >= 15 is 0 Å². The minimum Gasteiger partial charge on any atom is -0.371 e. The summed E-state index contributed by atoms with van der Waals surface area (Å²) < 4.78 is 6.06. The molecule has 8 rings (SSSR count). The van der Waals surface area contributed by atoms with Crippen LogP contribution in [0.4, 0.5) is 28.4 Å². The van der Waals surface area contributed by atoms with Crippen LogP contribution in [0.25, 0.3) is 33.5 Å². The molecule has 2 aliphatic heterocycles. The van der Waals surface area contributed by atoms with Gasteiger partial charge in [-0.2, -0.15) is 0 Å². The number of anilines is 5. The number of rotatable bonds is 6. The number of aromatic amines is 1. The average molecular weight is 569 g/mol. The first-order valence-electron chi connectivity index (χ1n) is 14.8. The SMILES string of the molecule is Cc1cc(Nc2ccc3nc(-c4ccc(Nc5cc(C)nc6ccc(N7CC8CCC(C7)O8)cc56)cn4)[nH]c3c2)ccn1. The third-order valence-electron chi connectivity index (χ3n) is 8.28. The number of ether oxygens (including phenoxy) is 1. The number of morpholine rings is 1. The summed E-state index contributed by atoms with van der Waals surface area (Å²) in [7, 11) is 0. The molecule has 2 aliphatic rings. The molecule has 2 saturated heterocycles. The molecule has 43 heavy (non-hydrogen) atoms. The second-order valence-electron chi connectivity index (χ2n) is 11.6. The van der Waals surface area contributed by atoms with Crippen molar-refractivity contribution in [3.05, 3.63) is 90.5 Å². The Morgan fingerprint density at radius 1 is 0.767 bits per heavy atom. The molecule has 2 aromatic carbocycles. The normalized spacial score (nSPS) is 18.0. The van der Waals surface area contributed by atoms with E-state index < -0.39 is 0 Å². The molecule has 214 valence electrons. The van der Waals surface area contributed by atoms with Gasteiger partial charge in [-0.15, -0.1) is 0 Å². The Morgan fingerprint density at radius 3 is 2.40 bits per heavy atom. The number of nitrogens with one attached hydrogen (secondary N) is 3. The lowest BCUT2D eigenvalue weighted by Gasteiger charge is -2.34. The zero-order chi connectivity index (χ0) is 28.9. The fourth-order valence-electron chi connectivity index (χ4n) is 6.23. The van der Waals surface area contributed by atoms with E-state index in [4.69, 9.17) is 19.7 Å². The summed E-state index contributed by atoms with van der Waals surface area (Å²) in [5.74, 6) is 0.729. The Morgan fingerprint density at radius 2 is 1.58 bits per heavy atom. The van der Waals surface area contributed by atoms with E-state index in [-0.39, 0.29) is 0 Å². The van der Waals surface area contributed by atoms with Crippen molar-refractivity contribution in [2.24, 2.45) is 0 Å². The first-order valence-corrected chi connectivity index (χ1v) is 14.8. The molecule has 0 aliphatic carbocycles. The maximum Gasteiger partial charge on any atom is 0.157 e. The molecule has 9 nitrogen and oxygen atoms in total. The first-order chi connectivity index (χ1) is 21.0. The molecule has 0 amide bonds. The van der Waals surface area contributed by atoms with Crippen molar-refractivity contribution in [3.8, 4) is 11.5 Å². The summed E-state index contributed by atoms with van der Waals surface area (Å²) >= 11 is 0. The standard InChI is InChI=1S/C34H32N8O/c1-20-13-23(11-12-35-20)38-22-3-8-30-33(15-22)41-34(40-30)31-9-4-24(17-36-31)39-32-14-21(2)37-29-10-5-25(16-28(29)32)42-18-26-6-7-27(19-42)43-26/h3-5,8-17,26-27H,6-7,18-19H2,1-2H3,(H,35,38)(H,37,39)(H,40,41). The number of fused-ring (bicyclic) bond motifs is 4. The third kappa shape index (κ3) is 5.12. The molecule has 2 unspecified atom stereocenters. The maximum atomic E-state index is 6.06. The molecule has 9 heteroatoms. The van der Waals surface area contributed by atoms with Crippen molar-refractivity contribution in [2.75, 3.05) is 28.6 Å². The topological polar surface area (TPSA) is 104 Å². The van der Waals surface area contributed by atoms with Crippen LogP contribution >= 0.6 is 0 Å². The number of benzene rings is 2. The number of H-pyrrole nitrogens is 1. The fourth-order valence-corrected chi connectivity index (χ4v) is 6.23. The van der Waals surface area contributed by atoms with Gasteiger partial charge in [-0.3, -0.25) is 15.0 Å². The van der Waals surface area contributed by atoms with E-state index in [1.165, 1.54) is 5.69 Å². The van der Waals surface area contributed by atoms with Gasteiger partial charge in [0.25, 0.3) is 0 Å². The van der Waals surface area contributed by atoms with E-state index in [0.717, 1.165) is 93.5 Å². The van der Waals surface area contributed by atoms with Crippen molar-refractivity contribution in [2.45, 2.75) is 38.9 Å². The summed E-state index contributed by atoms with van der Waals surface area (Å²) in [6.45, 7) is 5.90. The molecule has 6 aromatic rings. The zero-order valence-electron chi connectivity index (χ0n) is 24.1. The van der Waals surface area contributed by atoms with Crippen LogP contribution in [0.5, 0.6) is 0 Å². The van der Waals surface area contributed by atoms with Crippen molar-refractivity contribution in [3.63, 3.8) is 0 Å². The Labute approximate surface area is 249 Å². The predicted molar refractivity (Wildman–Crippen MR) is 171 cm³/mol. The van der Waals surface area contributed by atoms with Crippen LogP contribution in [0.1, 0.15) is 24.2 Å². The number of hydrogen-bond acceptors (Lipinski definition) is 8. The highest BCUT2D eigenvalue weighted by molar-refractivity contribution is 5.95. The zero-order valence-corrected chi connectivity index (χ0v) is 24.1. The number of hydrogen-bond donors (Lipinski definition) is 3. The van der Waals surface area contributed by atoms with Crippen molar-refractivity contribution < 1.29 is 4.74 Å². The van der Waals surface area contributed by atoms with Crippen LogP contribution in [-0.2, 0) is 4.74 Å². The van der Waals surface area contributed by atoms with Crippen LogP contribution in [0, 0.1) is 13.8 Å². The fraction of sp³-hybridized carbons (Fsp3) is 0.235. The molecule has 2 atom stereocenters. The maximum absolute atomic E-state index is 6.06. The molecule has 6 heterocycles. The summed E-state index contributed by atoms with van der Waals surface area (Å²) in [4.78, 5) is 24.5. The van der Waals surface area contributed by atoms with Gasteiger partial charge in [0.1, 0.15) is 5.69 Å². The Hall–Kier alpha value is -5.02. The minimum absolute atomic E-state index is 0.342. The van der Waals surface area contributed by atoms with Crippen LogP contribution in [-0.4, -0.2) is 50.2 Å². The van der Waals surface area contributed by atoms with E-state index in [9.17, 15) is 0 Å². The van der Waals surface area contributed by atoms with Gasteiger partial charge in [0.2, 0.25) is 0 Å². The van der Waals surface area contributed by atoms with Crippen LogP contribution in [0.3, 0.4) is 0 Å². The molecule has 0 radical (unpaired) electrons. The monoisotopic (exact) mass is 568 g/mol. The smallest absolute Gasteiger partial charge is 0.157 e. The van der Waals surface area contributed by atoms with Crippen molar-refractivity contribution in [1.29, 1.82) is 0 Å². The summed E-state index contributed by atoms with van der Waals surface area (Å²) in [5, 5.41) is 8.13. The van der Waals surface area contributed by atoms with Gasteiger partial charge in [0.15, 0.2) is 5.82 Å². The van der Waals surface area contributed by atoms with E-state index in [1.807, 2.05) is 56.4 Å². The third-order valence-corrected chi connectivity index (χ3v) is 8.28. The highest BCUT2D eigenvalue weighted by Gasteiger charge is 2.33. The van der Waals surface area contributed by atoms with Crippen LogP contribution in [0.15, 0.2) is 79.1 Å². The van der Waals surface area contributed by atoms with Gasteiger partial charge in [0, 0.05) is 58.8 Å². The van der Waals surface area contributed by atoms with Gasteiger partial charge < -0.3 is 25.3 Å². The van der Waals surface area contributed by atoms with Gasteiger partial charge in [-0.25, -0.2) is 4.98 Å². The Bertz CT molecular complexity index is 1960. The summed E-state index contributed by atoms with van der Waals surface area (Å²) in [6.07, 6.45) is 6.66. The molecular weight excluding hydrogens is 536 g/mol. The van der Waals surface area contributed by atoms with Gasteiger partial charge in [-0.1, -0.05) is 0 Å². The molecular formula is C34H32N8O. The minimum atomic E-state index is 0.342. The number of nitrogens with zero attached hydrogens (tertiary/aromatic N) is 5. The van der Waals surface area contributed by atoms with Crippen LogP contribution in [0.2, 0.25) is 0 Å². The molecule has 2 fully saturated rings. The summed E-state index contributed by atoms with van der Waals surface area (Å²) in [5.41, 5.74) is 10.6. The highest BCUT2D eigenvalue weighted by Crippen LogP contribution is 2.34. The lowest BCUT2D eigenvalue weighted by Crippen LogP contribution is -2.42. The van der Waals surface area contributed by atoms with E-state index in [2.05, 4.69) is 55.8 Å². The van der Waals surface area contributed by atoms with Gasteiger partial charge in [-0.05, 0) is 93.4 Å². The van der Waals surface area contributed by atoms with Crippen LogP contribution < -0.4 is 15.5 Å². The number of aromatic nitrogens is 5. The second kappa shape index (κ2) is 10.4. The second-order valence-corrected chi connectivity index (χ2v) is 11.6. The predicted octanol–water partition coefficient (Wildman–Crippen LogP) is 7.04. The molecule has 0 saturated carbocycles. The van der Waals surface area contributed by atoms with Crippen molar-refractivity contribution >= 4 is 50.4 Å². The highest BCUT2D eigenvalue weighted by atomic mass is 16.5. The number of imidazole rings is 1. The lowest BCUT2D eigenvalue weighted by atomic mass is 10.1. The molecule has 2 bridgehead atoms. The average Bonchev–Trinajstić information content (AvgIpc) is 3.59. The Balaban J connectivity index is 1.03. The van der Waals surface area contributed by atoms with E-state index in [0.29, 0.717) is 12.2 Å². The number of aryl methyl sites for hydroxylation is 2. The largest absolute Gasteiger partial charge is 0.371 e. The Kier molecular flexibility index (Phi) is 6.18. The van der Waals surface area contributed by atoms with E-state index in [1.54, 1.807) is 6.20 Å².